The molecule has 3 heterocycles. The highest BCUT2D eigenvalue weighted by atomic mass is 16.5. The van der Waals surface area contributed by atoms with Gasteiger partial charge in [0, 0.05) is 50.0 Å². The molecule has 0 unspecified atom stereocenters. The molecule has 1 aromatic rings. The highest BCUT2D eigenvalue weighted by Gasteiger charge is 2.52. The van der Waals surface area contributed by atoms with Crippen LogP contribution in [-0.4, -0.2) is 97.0 Å². The third-order valence-corrected chi connectivity index (χ3v) is 8.80. The summed E-state index contributed by atoms with van der Waals surface area (Å²) in [5, 5.41) is 3.04. The summed E-state index contributed by atoms with van der Waals surface area (Å²) >= 11 is 0. The third-order valence-electron chi connectivity index (χ3n) is 8.80. The maximum absolute atomic E-state index is 13.7. The third kappa shape index (κ3) is 4.53. The van der Waals surface area contributed by atoms with E-state index in [4.69, 9.17) is 10.5 Å². The molecule has 5 fully saturated rings. The number of nitrogens with zero attached hydrogens (tertiary/aromatic N) is 3. The maximum Gasteiger partial charge on any atom is 0.251 e. The first-order valence-electron chi connectivity index (χ1n) is 13.6. The van der Waals surface area contributed by atoms with Gasteiger partial charge in [-0.15, -0.1) is 0 Å². The molecule has 36 heavy (non-hydrogen) atoms. The first-order valence-corrected chi connectivity index (χ1v) is 13.6. The lowest BCUT2D eigenvalue weighted by Gasteiger charge is -2.36. The number of Topliss-reactive ketones (excluding diaryl/α,β-unsaturated/α-hetero) is 1. The van der Waals surface area contributed by atoms with Crippen molar-refractivity contribution in [3.8, 4) is 0 Å². The number of hydrogen-bond donors (Lipinski definition) is 2. The number of fused-ring (bicyclic) bond motifs is 1. The highest BCUT2D eigenvalue weighted by molar-refractivity contribution is 5.99. The summed E-state index contributed by atoms with van der Waals surface area (Å²) in [5.41, 5.74) is 7.86. The van der Waals surface area contributed by atoms with Gasteiger partial charge in [-0.3, -0.25) is 19.3 Å². The van der Waals surface area contributed by atoms with Gasteiger partial charge in [0.2, 0.25) is 5.91 Å². The molecule has 2 aliphatic carbocycles. The van der Waals surface area contributed by atoms with Crippen molar-refractivity contribution >= 4 is 23.3 Å². The Morgan fingerprint density at radius 2 is 1.69 bits per heavy atom. The number of carbonyl (C=O) groups is 3. The van der Waals surface area contributed by atoms with Crippen molar-refractivity contribution in [2.24, 2.45) is 11.7 Å². The van der Waals surface area contributed by atoms with Crippen molar-refractivity contribution in [2.45, 2.75) is 68.8 Å². The Bertz CT molecular complexity index is 998. The lowest BCUT2D eigenvalue weighted by atomic mass is 9.95. The van der Waals surface area contributed by atoms with E-state index in [9.17, 15) is 14.4 Å². The molecule has 6 rings (SSSR count). The summed E-state index contributed by atoms with van der Waals surface area (Å²) in [6, 6.07) is 6.84. The van der Waals surface area contributed by atoms with E-state index in [-0.39, 0.29) is 42.7 Å². The van der Waals surface area contributed by atoms with E-state index in [1.807, 2.05) is 24.3 Å². The van der Waals surface area contributed by atoms with Gasteiger partial charge in [0.05, 0.1) is 6.04 Å². The average molecular weight is 496 g/mol. The van der Waals surface area contributed by atoms with Crippen molar-refractivity contribution < 1.29 is 19.1 Å². The van der Waals surface area contributed by atoms with Crippen LogP contribution in [0.2, 0.25) is 0 Å². The van der Waals surface area contributed by atoms with Crippen LogP contribution in [0.4, 0.5) is 5.69 Å². The van der Waals surface area contributed by atoms with E-state index in [1.54, 1.807) is 4.90 Å². The van der Waals surface area contributed by atoms with E-state index in [0.29, 0.717) is 5.56 Å². The number of piperazine rings is 1. The Morgan fingerprint density at radius 3 is 2.36 bits per heavy atom. The Morgan fingerprint density at radius 1 is 1.00 bits per heavy atom. The molecule has 5 aliphatic rings. The van der Waals surface area contributed by atoms with Gasteiger partial charge < -0.3 is 25.6 Å². The number of likely N-dealkylation sites (tertiary alicyclic amines) is 1. The SMILES string of the molecule is N[C@H]1CN(C(=O)[C@@H](NC(=O)c2ccc(N3CCN(C4CC4)CC3)cc2)C2CCCC2)[C@@H]2C(=O)CO[C@@H]21. The predicted octanol–water partition coefficient (Wildman–Crippen LogP) is 0.766. The second-order valence-electron chi connectivity index (χ2n) is 11.1. The quantitative estimate of drug-likeness (QED) is 0.600. The maximum atomic E-state index is 13.7. The van der Waals surface area contributed by atoms with Crippen LogP contribution in [0.15, 0.2) is 24.3 Å². The summed E-state index contributed by atoms with van der Waals surface area (Å²) in [6.45, 7) is 4.46. The van der Waals surface area contributed by atoms with Gasteiger partial charge in [-0.1, -0.05) is 12.8 Å². The van der Waals surface area contributed by atoms with Gasteiger partial charge in [0.15, 0.2) is 5.78 Å². The van der Waals surface area contributed by atoms with E-state index in [2.05, 4.69) is 15.1 Å². The summed E-state index contributed by atoms with van der Waals surface area (Å²) in [4.78, 5) is 46.0. The number of nitrogens with one attached hydrogen (secondary N) is 1. The summed E-state index contributed by atoms with van der Waals surface area (Å²) < 4.78 is 5.56. The molecule has 194 valence electrons. The lowest BCUT2D eigenvalue weighted by Crippen LogP contribution is -2.54. The van der Waals surface area contributed by atoms with Crippen LogP contribution in [-0.2, 0) is 14.3 Å². The number of ketones is 1. The molecule has 3 aliphatic heterocycles. The molecule has 3 saturated heterocycles. The number of nitrogens with two attached hydrogens (primary N) is 1. The van der Waals surface area contributed by atoms with E-state index in [0.717, 1.165) is 63.6 Å². The molecule has 9 heteroatoms. The Labute approximate surface area is 212 Å². The van der Waals surface area contributed by atoms with Gasteiger partial charge in [0.1, 0.15) is 24.8 Å². The number of benzene rings is 1. The van der Waals surface area contributed by atoms with Crippen LogP contribution in [0.25, 0.3) is 0 Å². The highest BCUT2D eigenvalue weighted by Crippen LogP contribution is 2.33. The van der Waals surface area contributed by atoms with Crippen molar-refractivity contribution in [3.05, 3.63) is 29.8 Å². The first-order chi connectivity index (χ1) is 17.5. The first kappa shape index (κ1) is 23.9. The molecular weight excluding hydrogens is 458 g/mol. The molecule has 3 N–H and O–H groups in total. The second-order valence-corrected chi connectivity index (χ2v) is 11.1. The number of amides is 2. The second kappa shape index (κ2) is 9.76. The molecule has 0 radical (unpaired) electrons. The van der Waals surface area contributed by atoms with Crippen molar-refractivity contribution in [1.29, 1.82) is 0 Å². The fourth-order valence-corrected chi connectivity index (χ4v) is 6.60. The summed E-state index contributed by atoms with van der Waals surface area (Å²) in [6.07, 6.45) is 6.09. The molecule has 0 spiro atoms. The number of rotatable bonds is 6. The average Bonchev–Trinajstić information content (AvgIpc) is 3.30. The predicted molar refractivity (Wildman–Crippen MR) is 135 cm³/mol. The molecule has 2 amide bonds. The molecule has 1 aromatic carbocycles. The Balaban J connectivity index is 1.13. The zero-order valence-electron chi connectivity index (χ0n) is 20.8. The minimum absolute atomic E-state index is 0.00472. The molecule has 2 saturated carbocycles. The van der Waals surface area contributed by atoms with Crippen LogP contribution in [0, 0.1) is 5.92 Å². The lowest BCUT2D eigenvalue weighted by molar-refractivity contribution is -0.139. The number of hydrogen-bond acceptors (Lipinski definition) is 7. The van der Waals surface area contributed by atoms with Crippen LogP contribution in [0.3, 0.4) is 0 Å². The fraction of sp³-hybridized carbons (Fsp3) is 0.667. The van der Waals surface area contributed by atoms with Crippen molar-refractivity contribution in [1.82, 2.24) is 15.1 Å². The van der Waals surface area contributed by atoms with E-state index >= 15 is 0 Å². The summed E-state index contributed by atoms with van der Waals surface area (Å²) in [5.74, 6) is -0.496. The van der Waals surface area contributed by atoms with Crippen molar-refractivity contribution in [3.63, 3.8) is 0 Å². The van der Waals surface area contributed by atoms with Gasteiger partial charge in [-0.2, -0.15) is 0 Å². The zero-order chi connectivity index (χ0) is 24.8. The van der Waals surface area contributed by atoms with E-state index < -0.39 is 18.2 Å². The molecule has 9 nitrogen and oxygen atoms in total. The number of anilines is 1. The standard InChI is InChI=1S/C27H37N5O4/c28-21-15-32(24-22(33)16-36-25(21)24)27(35)23(17-3-1-2-4-17)29-26(34)18-5-7-19(8-6-18)30-11-13-31(14-12-30)20-9-10-20/h5-8,17,20-21,23-25H,1-4,9-16,28H2,(H,29,34)/t21-,23-,24+,25+/m0/s1. The summed E-state index contributed by atoms with van der Waals surface area (Å²) in [7, 11) is 0. The normalized spacial score (nSPS) is 30.0. The van der Waals surface area contributed by atoms with Gasteiger partial charge in [-0.25, -0.2) is 0 Å². The number of ether oxygens (including phenoxy) is 1. The van der Waals surface area contributed by atoms with Gasteiger partial charge in [-0.05, 0) is 55.9 Å². The van der Waals surface area contributed by atoms with Crippen LogP contribution in [0.5, 0.6) is 0 Å². The molecule has 0 bridgehead atoms. The smallest absolute Gasteiger partial charge is 0.251 e. The zero-order valence-corrected chi connectivity index (χ0v) is 20.8. The topological polar surface area (TPSA) is 108 Å². The molecular formula is C27H37N5O4. The number of carbonyl (C=O) groups excluding carboxylic acids is 3. The monoisotopic (exact) mass is 495 g/mol. The molecule has 4 atom stereocenters. The van der Waals surface area contributed by atoms with Gasteiger partial charge >= 0.3 is 0 Å². The Kier molecular flexibility index (Phi) is 6.47. The van der Waals surface area contributed by atoms with Gasteiger partial charge in [0.25, 0.3) is 5.91 Å². The molecule has 0 aromatic heterocycles. The largest absolute Gasteiger partial charge is 0.369 e. The minimum atomic E-state index is -0.658. The van der Waals surface area contributed by atoms with E-state index in [1.165, 1.54) is 12.8 Å². The Hall–Kier alpha value is -2.49. The fourth-order valence-electron chi connectivity index (χ4n) is 6.60. The van der Waals surface area contributed by atoms with Crippen LogP contribution >= 0.6 is 0 Å². The van der Waals surface area contributed by atoms with Crippen LogP contribution < -0.4 is 16.0 Å². The van der Waals surface area contributed by atoms with Crippen LogP contribution in [0.1, 0.15) is 48.9 Å². The van der Waals surface area contributed by atoms with Crippen molar-refractivity contribution in [2.75, 3.05) is 44.2 Å². The minimum Gasteiger partial charge on any atom is -0.369 e.